The summed E-state index contributed by atoms with van der Waals surface area (Å²) in [6.07, 6.45) is 7.52. The number of H-pyrrole nitrogens is 1. The Kier molecular flexibility index (Phi) is 3.79. The highest BCUT2D eigenvalue weighted by molar-refractivity contribution is 6.14. The molecule has 1 saturated heterocycles. The fraction of sp³-hybridized carbons (Fsp3) is 0.267. The summed E-state index contributed by atoms with van der Waals surface area (Å²) in [5.41, 5.74) is 2.25. The molecule has 3 heterocycles. The van der Waals surface area contributed by atoms with E-state index in [9.17, 15) is 0 Å². The van der Waals surface area contributed by atoms with Crippen LogP contribution in [0.25, 0.3) is 16.6 Å². The standard InChI is InChI=1S/C15H17N5O/c1-17-7-10(6-16)12-9-20-15-14(12)13(3-5-19-15)21-11-2-4-18-8-11/h3,5-7,9,11,16,18H,1-2,4,8H2,(H,19,20)/b10-7+,16-6?. The molecule has 0 saturated carbocycles. The van der Waals surface area contributed by atoms with Crippen LogP contribution in [0.2, 0.25) is 0 Å². The number of rotatable bonds is 5. The van der Waals surface area contributed by atoms with E-state index in [-0.39, 0.29) is 6.10 Å². The van der Waals surface area contributed by atoms with Crippen molar-refractivity contribution in [2.45, 2.75) is 12.5 Å². The highest BCUT2D eigenvalue weighted by Crippen LogP contribution is 2.32. The topological polar surface area (TPSA) is 86.2 Å². The minimum atomic E-state index is 0.170. The zero-order chi connectivity index (χ0) is 14.7. The van der Waals surface area contributed by atoms with E-state index in [0.717, 1.165) is 41.9 Å². The summed E-state index contributed by atoms with van der Waals surface area (Å²) in [7, 11) is 0. The molecule has 0 radical (unpaired) electrons. The van der Waals surface area contributed by atoms with Crippen molar-refractivity contribution in [2.75, 3.05) is 13.1 Å². The summed E-state index contributed by atoms with van der Waals surface area (Å²) >= 11 is 0. The van der Waals surface area contributed by atoms with Crippen molar-refractivity contribution in [3.8, 4) is 5.75 Å². The molecule has 1 unspecified atom stereocenters. The van der Waals surface area contributed by atoms with Gasteiger partial charge in [0.1, 0.15) is 17.5 Å². The van der Waals surface area contributed by atoms with Gasteiger partial charge in [-0.3, -0.25) is 4.99 Å². The van der Waals surface area contributed by atoms with Gasteiger partial charge >= 0.3 is 0 Å². The normalized spacial score (nSPS) is 18.9. The van der Waals surface area contributed by atoms with Crippen LogP contribution < -0.4 is 10.1 Å². The smallest absolute Gasteiger partial charge is 0.141 e. The monoisotopic (exact) mass is 283 g/mol. The van der Waals surface area contributed by atoms with Crippen LogP contribution in [0.15, 0.2) is 29.7 Å². The van der Waals surface area contributed by atoms with E-state index < -0.39 is 0 Å². The molecule has 0 spiro atoms. The molecular formula is C15H17N5O. The molecule has 108 valence electrons. The number of nitrogens with one attached hydrogen (secondary N) is 3. The number of nitrogens with zero attached hydrogens (tertiary/aromatic N) is 2. The van der Waals surface area contributed by atoms with Crippen LogP contribution in [-0.2, 0) is 0 Å². The molecule has 1 fully saturated rings. The Morgan fingerprint density at radius 2 is 2.48 bits per heavy atom. The molecule has 6 heteroatoms. The number of hydrogen-bond donors (Lipinski definition) is 3. The minimum absolute atomic E-state index is 0.170. The van der Waals surface area contributed by atoms with Crippen molar-refractivity contribution in [3.05, 3.63) is 30.2 Å². The van der Waals surface area contributed by atoms with Gasteiger partial charge in [0.25, 0.3) is 0 Å². The number of hydrogen-bond acceptors (Lipinski definition) is 5. The van der Waals surface area contributed by atoms with E-state index in [0.29, 0.717) is 5.57 Å². The van der Waals surface area contributed by atoms with Crippen molar-refractivity contribution in [2.24, 2.45) is 4.99 Å². The van der Waals surface area contributed by atoms with Crippen molar-refractivity contribution >= 4 is 29.5 Å². The number of aliphatic imine (C=N–C) groups is 1. The minimum Gasteiger partial charge on any atom is -0.488 e. The third kappa shape index (κ3) is 2.57. The van der Waals surface area contributed by atoms with Crippen molar-refractivity contribution < 1.29 is 4.74 Å². The molecule has 0 aromatic carbocycles. The molecule has 3 rings (SSSR count). The molecule has 0 aliphatic carbocycles. The molecule has 2 aromatic heterocycles. The summed E-state index contributed by atoms with van der Waals surface area (Å²) in [5, 5.41) is 11.7. The highest BCUT2D eigenvalue weighted by Gasteiger charge is 2.19. The lowest BCUT2D eigenvalue weighted by molar-refractivity contribution is 0.226. The zero-order valence-electron chi connectivity index (χ0n) is 11.6. The van der Waals surface area contributed by atoms with Gasteiger partial charge in [0.05, 0.1) is 5.39 Å². The maximum atomic E-state index is 7.54. The molecule has 0 bridgehead atoms. The van der Waals surface area contributed by atoms with Gasteiger partial charge in [-0.05, 0) is 25.7 Å². The van der Waals surface area contributed by atoms with Crippen LogP contribution in [0.5, 0.6) is 5.75 Å². The lowest BCUT2D eigenvalue weighted by Gasteiger charge is -2.14. The number of ether oxygens (including phenoxy) is 1. The second-order valence-corrected chi connectivity index (χ2v) is 4.88. The average molecular weight is 283 g/mol. The van der Waals surface area contributed by atoms with Crippen LogP contribution in [0, 0.1) is 5.41 Å². The number of allylic oxidation sites excluding steroid dienone is 1. The largest absolute Gasteiger partial charge is 0.488 e. The second-order valence-electron chi connectivity index (χ2n) is 4.88. The SMILES string of the molecule is C=N/C=C(\C=N)c1c[nH]c2nccc(OC3CCNC3)c12. The van der Waals surface area contributed by atoms with E-state index in [1.165, 1.54) is 6.21 Å². The van der Waals surface area contributed by atoms with Gasteiger partial charge in [0, 0.05) is 42.5 Å². The van der Waals surface area contributed by atoms with Crippen molar-refractivity contribution in [3.63, 3.8) is 0 Å². The molecule has 2 aromatic rings. The number of fused-ring (bicyclic) bond motifs is 1. The first-order valence-electron chi connectivity index (χ1n) is 6.84. The van der Waals surface area contributed by atoms with Gasteiger partial charge in [0.2, 0.25) is 0 Å². The summed E-state index contributed by atoms with van der Waals surface area (Å²) in [6.45, 7) is 5.28. The van der Waals surface area contributed by atoms with Gasteiger partial charge in [-0.1, -0.05) is 0 Å². The Hall–Kier alpha value is -2.47. The average Bonchev–Trinajstić information content (AvgIpc) is 3.14. The van der Waals surface area contributed by atoms with Crippen molar-refractivity contribution in [1.82, 2.24) is 15.3 Å². The highest BCUT2D eigenvalue weighted by atomic mass is 16.5. The first-order valence-corrected chi connectivity index (χ1v) is 6.84. The Bertz CT molecular complexity index is 697. The molecule has 1 atom stereocenters. The predicted molar refractivity (Wildman–Crippen MR) is 84.3 cm³/mol. The lowest BCUT2D eigenvalue weighted by Crippen LogP contribution is -2.19. The van der Waals surface area contributed by atoms with Crippen LogP contribution in [0.3, 0.4) is 0 Å². The summed E-state index contributed by atoms with van der Waals surface area (Å²) in [4.78, 5) is 11.2. The molecule has 1 aliphatic rings. The molecule has 1 aliphatic heterocycles. The maximum Gasteiger partial charge on any atom is 0.141 e. The third-order valence-electron chi connectivity index (χ3n) is 3.54. The molecular weight excluding hydrogens is 266 g/mol. The molecule has 6 nitrogen and oxygen atoms in total. The maximum absolute atomic E-state index is 7.54. The fourth-order valence-corrected chi connectivity index (χ4v) is 2.54. The first-order chi connectivity index (χ1) is 10.3. The quantitative estimate of drug-likeness (QED) is 0.733. The number of aromatic nitrogens is 2. The summed E-state index contributed by atoms with van der Waals surface area (Å²) in [5.74, 6) is 0.779. The lowest BCUT2D eigenvalue weighted by atomic mass is 10.1. The van der Waals surface area contributed by atoms with E-state index >= 15 is 0 Å². The Labute approximate surface area is 122 Å². The van der Waals surface area contributed by atoms with Gasteiger partial charge in [-0.25, -0.2) is 4.98 Å². The first kappa shape index (κ1) is 13.5. The Morgan fingerprint density at radius 3 is 3.19 bits per heavy atom. The summed E-state index contributed by atoms with van der Waals surface area (Å²) in [6, 6.07) is 1.86. The molecule has 0 amide bonds. The van der Waals surface area contributed by atoms with Gasteiger partial charge in [-0.15, -0.1) is 0 Å². The van der Waals surface area contributed by atoms with Crippen LogP contribution >= 0.6 is 0 Å². The fourth-order valence-electron chi connectivity index (χ4n) is 2.54. The number of pyridine rings is 1. The predicted octanol–water partition coefficient (Wildman–Crippen LogP) is 1.99. The third-order valence-corrected chi connectivity index (χ3v) is 3.54. The van der Waals surface area contributed by atoms with Gasteiger partial charge in [0.15, 0.2) is 0 Å². The van der Waals surface area contributed by atoms with E-state index in [1.807, 2.05) is 12.3 Å². The Morgan fingerprint density at radius 1 is 1.57 bits per heavy atom. The van der Waals surface area contributed by atoms with E-state index in [1.54, 1.807) is 12.4 Å². The Balaban J connectivity index is 2.07. The number of aromatic amines is 1. The van der Waals surface area contributed by atoms with E-state index in [2.05, 4.69) is 27.0 Å². The van der Waals surface area contributed by atoms with Gasteiger partial charge in [-0.2, -0.15) is 0 Å². The molecule has 3 N–H and O–H groups in total. The molecule has 21 heavy (non-hydrogen) atoms. The van der Waals surface area contributed by atoms with Crippen molar-refractivity contribution in [1.29, 1.82) is 5.41 Å². The van der Waals surface area contributed by atoms with Crippen LogP contribution in [0.1, 0.15) is 12.0 Å². The zero-order valence-corrected chi connectivity index (χ0v) is 11.6. The summed E-state index contributed by atoms with van der Waals surface area (Å²) < 4.78 is 6.09. The van der Waals surface area contributed by atoms with Crippen LogP contribution in [-0.4, -0.2) is 42.1 Å². The van der Waals surface area contributed by atoms with Gasteiger partial charge < -0.3 is 20.4 Å². The van der Waals surface area contributed by atoms with Crippen LogP contribution in [0.4, 0.5) is 0 Å². The van der Waals surface area contributed by atoms with E-state index in [4.69, 9.17) is 10.1 Å². The second kappa shape index (κ2) is 5.88.